The first-order valence-corrected chi connectivity index (χ1v) is 10.8. The fourth-order valence-electron chi connectivity index (χ4n) is 2.78. The van der Waals surface area contributed by atoms with Crippen molar-refractivity contribution in [3.8, 4) is 11.4 Å². The molecular formula is C22H25FN4O2S. The minimum Gasteiger partial charge on any atom is -0.483 e. The van der Waals surface area contributed by atoms with Crippen molar-refractivity contribution in [2.45, 2.75) is 44.5 Å². The van der Waals surface area contributed by atoms with Crippen LogP contribution >= 0.6 is 11.8 Å². The fraction of sp³-hybridized carbons (Fsp3) is 0.318. The lowest BCUT2D eigenvalue weighted by atomic mass is 10.3. The predicted octanol–water partition coefficient (Wildman–Crippen LogP) is 4.55. The number of para-hydroxylation sites is 1. The number of carbonyl (C=O) groups excluding carboxylic acids is 1. The summed E-state index contributed by atoms with van der Waals surface area (Å²) >= 11 is 1.32. The highest BCUT2D eigenvalue weighted by molar-refractivity contribution is 7.99. The third-order valence-corrected chi connectivity index (χ3v) is 5.44. The molecule has 0 spiro atoms. The van der Waals surface area contributed by atoms with Crippen molar-refractivity contribution in [1.29, 1.82) is 0 Å². The maximum Gasteiger partial charge on any atom is 0.230 e. The standard InChI is InChI=1S/C22H25FN4O2S/c1-4-15(2)24-20(28)14-30-22-26-25-21(27(22)18-8-6-5-7-9-18)16(3)29-19-12-10-17(23)11-13-19/h5-13,15-16H,4,14H2,1-3H3,(H,24,28). The molecule has 2 aromatic carbocycles. The Kier molecular flexibility index (Phi) is 7.46. The van der Waals surface area contributed by atoms with Crippen molar-refractivity contribution >= 4 is 17.7 Å². The van der Waals surface area contributed by atoms with Gasteiger partial charge < -0.3 is 10.1 Å². The molecule has 0 saturated heterocycles. The summed E-state index contributed by atoms with van der Waals surface area (Å²) in [6.45, 7) is 5.86. The van der Waals surface area contributed by atoms with Crippen LogP contribution in [0.4, 0.5) is 4.39 Å². The molecule has 0 aliphatic heterocycles. The van der Waals surface area contributed by atoms with Gasteiger partial charge >= 0.3 is 0 Å². The Morgan fingerprint density at radius 2 is 1.83 bits per heavy atom. The van der Waals surface area contributed by atoms with Crippen molar-refractivity contribution < 1.29 is 13.9 Å². The molecule has 6 nitrogen and oxygen atoms in total. The molecule has 1 heterocycles. The molecule has 3 aromatic rings. The van der Waals surface area contributed by atoms with E-state index in [1.807, 2.05) is 55.7 Å². The summed E-state index contributed by atoms with van der Waals surface area (Å²) in [5.74, 6) is 0.998. The van der Waals surface area contributed by atoms with Gasteiger partial charge in [0.05, 0.1) is 5.75 Å². The Morgan fingerprint density at radius 1 is 1.13 bits per heavy atom. The lowest BCUT2D eigenvalue weighted by molar-refractivity contribution is -0.119. The summed E-state index contributed by atoms with van der Waals surface area (Å²) < 4.78 is 21.0. The quantitative estimate of drug-likeness (QED) is 0.506. The van der Waals surface area contributed by atoms with Crippen LogP contribution in [0.2, 0.25) is 0 Å². The highest BCUT2D eigenvalue weighted by atomic mass is 32.2. The molecule has 30 heavy (non-hydrogen) atoms. The van der Waals surface area contributed by atoms with Crippen molar-refractivity contribution in [2.24, 2.45) is 0 Å². The number of rotatable bonds is 9. The molecule has 0 aliphatic carbocycles. The number of nitrogens with one attached hydrogen (secondary N) is 1. The van der Waals surface area contributed by atoms with Crippen LogP contribution in [0.3, 0.4) is 0 Å². The average Bonchev–Trinajstić information content (AvgIpc) is 3.18. The predicted molar refractivity (Wildman–Crippen MR) is 115 cm³/mol. The second-order valence-corrected chi connectivity index (χ2v) is 7.83. The van der Waals surface area contributed by atoms with E-state index in [-0.39, 0.29) is 23.5 Å². The molecule has 0 saturated carbocycles. The Labute approximate surface area is 179 Å². The van der Waals surface area contributed by atoms with Gasteiger partial charge in [-0.1, -0.05) is 36.9 Å². The Balaban J connectivity index is 1.83. The number of aromatic nitrogens is 3. The highest BCUT2D eigenvalue weighted by Crippen LogP contribution is 2.27. The molecule has 1 amide bonds. The number of ether oxygens (including phenoxy) is 1. The zero-order chi connectivity index (χ0) is 21.5. The summed E-state index contributed by atoms with van der Waals surface area (Å²) in [6.07, 6.45) is 0.436. The van der Waals surface area contributed by atoms with Gasteiger partial charge in [-0.05, 0) is 56.7 Å². The molecule has 0 radical (unpaired) electrons. The first-order valence-electron chi connectivity index (χ1n) is 9.83. The molecule has 3 rings (SSSR count). The molecule has 2 atom stereocenters. The topological polar surface area (TPSA) is 69.0 Å². The minimum absolute atomic E-state index is 0.0471. The van der Waals surface area contributed by atoms with Crippen LogP contribution in [0.15, 0.2) is 59.8 Å². The number of carbonyl (C=O) groups is 1. The average molecular weight is 429 g/mol. The molecule has 1 N–H and O–H groups in total. The zero-order valence-electron chi connectivity index (χ0n) is 17.2. The van der Waals surface area contributed by atoms with Gasteiger partial charge in [0.15, 0.2) is 17.1 Å². The van der Waals surface area contributed by atoms with Gasteiger partial charge in [-0.15, -0.1) is 10.2 Å². The molecule has 158 valence electrons. The second-order valence-electron chi connectivity index (χ2n) is 6.89. The summed E-state index contributed by atoms with van der Waals surface area (Å²) in [7, 11) is 0. The van der Waals surface area contributed by atoms with E-state index in [1.165, 1.54) is 23.9 Å². The third kappa shape index (κ3) is 5.60. The van der Waals surface area contributed by atoms with Crippen LogP contribution in [0.1, 0.15) is 39.1 Å². The molecule has 0 aliphatic rings. The lowest BCUT2D eigenvalue weighted by Crippen LogP contribution is -2.33. The number of halogens is 1. The number of thioether (sulfide) groups is 1. The smallest absolute Gasteiger partial charge is 0.230 e. The lowest BCUT2D eigenvalue weighted by Gasteiger charge is -2.17. The second kappa shape index (κ2) is 10.2. The SMILES string of the molecule is CCC(C)NC(=O)CSc1nnc(C(C)Oc2ccc(F)cc2)n1-c1ccccc1. The zero-order valence-corrected chi connectivity index (χ0v) is 18.0. The number of amides is 1. The van der Waals surface area contributed by atoms with Crippen LogP contribution in [0.5, 0.6) is 5.75 Å². The van der Waals surface area contributed by atoms with Gasteiger partial charge in [0, 0.05) is 11.7 Å². The van der Waals surface area contributed by atoms with Gasteiger partial charge in [-0.25, -0.2) is 4.39 Å². The largest absolute Gasteiger partial charge is 0.483 e. The number of benzene rings is 2. The summed E-state index contributed by atoms with van der Waals surface area (Å²) in [6, 6.07) is 15.6. The minimum atomic E-state index is -0.438. The monoisotopic (exact) mass is 428 g/mol. The van der Waals surface area contributed by atoms with Gasteiger partial charge in [0.1, 0.15) is 11.6 Å². The first kappa shape index (κ1) is 21.8. The molecule has 8 heteroatoms. The first-order chi connectivity index (χ1) is 14.5. The van der Waals surface area contributed by atoms with E-state index in [4.69, 9.17) is 4.74 Å². The summed E-state index contributed by atoms with van der Waals surface area (Å²) in [4.78, 5) is 12.2. The van der Waals surface area contributed by atoms with Crippen LogP contribution in [0.25, 0.3) is 5.69 Å². The van der Waals surface area contributed by atoms with E-state index >= 15 is 0 Å². The van der Waals surface area contributed by atoms with E-state index in [0.29, 0.717) is 16.7 Å². The van der Waals surface area contributed by atoms with Gasteiger partial charge in [0.2, 0.25) is 5.91 Å². The molecule has 0 bridgehead atoms. The van der Waals surface area contributed by atoms with Crippen molar-refractivity contribution in [1.82, 2.24) is 20.1 Å². The van der Waals surface area contributed by atoms with Crippen LogP contribution in [0, 0.1) is 5.82 Å². The number of hydrogen-bond donors (Lipinski definition) is 1. The fourth-order valence-corrected chi connectivity index (χ4v) is 3.55. The Bertz CT molecular complexity index is 963. The van der Waals surface area contributed by atoms with Crippen molar-refractivity contribution in [3.63, 3.8) is 0 Å². The maximum absolute atomic E-state index is 13.2. The molecule has 0 fully saturated rings. The summed E-state index contributed by atoms with van der Waals surface area (Å²) in [5, 5.41) is 12.2. The van der Waals surface area contributed by atoms with Gasteiger partial charge in [-0.3, -0.25) is 9.36 Å². The molecular weight excluding hydrogens is 403 g/mol. The van der Waals surface area contributed by atoms with E-state index in [0.717, 1.165) is 12.1 Å². The highest BCUT2D eigenvalue weighted by Gasteiger charge is 2.21. The number of hydrogen-bond acceptors (Lipinski definition) is 5. The molecule has 1 aromatic heterocycles. The Hall–Kier alpha value is -2.87. The Morgan fingerprint density at radius 3 is 2.50 bits per heavy atom. The molecule has 2 unspecified atom stereocenters. The van der Waals surface area contributed by atoms with E-state index in [1.54, 1.807) is 12.1 Å². The normalized spacial score (nSPS) is 12.9. The van der Waals surface area contributed by atoms with Crippen molar-refractivity contribution in [3.05, 3.63) is 66.2 Å². The van der Waals surface area contributed by atoms with E-state index < -0.39 is 6.10 Å². The summed E-state index contributed by atoms with van der Waals surface area (Å²) in [5.41, 5.74) is 0.872. The van der Waals surface area contributed by atoms with E-state index in [9.17, 15) is 9.18 Å². The van der Waals surface area contributed by atoms with Gasteiger partial charge in [-0.2, -0.15) is 0 Å². The third-order valence-electron chi connectivity index (χ3n) is 4.52. The van der Waals surface area contributed by atoms with Crippen LogP contribution in [-0.2, 0) is 4.79 Å². The number of nitrogens with zero attached hydrogens (tertiary/aromatic N) is 3. The van der Waals surface area contributed by atoms with Crippen molar-refractivity contribution in [2.75, 3.05) is 5.75 Å². The van der Waals surface area contributed by atoms with Gasteiger partial charge in [0.25, 0.3) is 0 Å². The van der Waals surface area contributed by atoms with Crippen LogP contribution in [-0.4, -0.2) is 32.5 Å². The maximum atomic E-state index is 13.2. The van der Waals surface area contributed by atoms with Crippen LogP contribution < -0.4 is 10.1 Å². The van der Waals surface area contributed by atoms with E-state index in [2.05, 4.69) is 15.5 Å².